The Labute approximate surface area is 164 Å². The Bertz CT molecular complexity index is 710. The van der Waals surface area contributed by atoms with E-state index in [0.29, 0.717) is 3.17 Å². The molecule has 0 saturated carbocycles. The van der Waals surface area contributed by atoms with Crippen LogP contribution in [0.4, 0.5) is 0 Å². The minimum absolute atomic E-state index is 0. The minimum Gasteiger partial charge on any atom is -0.147 e. The van der Waals surface area contributed by atoms with Crippen molar-refractivity contribution in [3.8, 4) is 0 Å². The van der Waals surface area contributed by atoms with Gasteiger partial charge in [0.25, 0.3) is 0 Å². The van der Waals surface area contributed by atoms with Crippen LogP contribution in [-0.2, 0) is 26.1 Å². The predicted octanol–water partition coefficient (Wildman–Crippen LogP) is 6.50. The van der Waals surface area contributed by atoms with Gasteiger partial charge in [0, 0.05) is 0 Å². The first kappa shape index (κ1) is 20.9. The molecule has 0 aromatic heterocycles. The number of benzene rings is 1. The molecule has 0 amide bonds. The van der Waals surface area contributed by atoms with Gasteiger partial charge in [-0.15, -0.1) is 24.8 Å². The summed E-state index contributed by atoms with van der Waals surface area (Å²) in [5, 5.41) is 0. The zero-order valence-electron chi connectivity index (χ0n) is 14.8. The molecule has 0 aliphatic heterocycles. The van der Waals surface area contributed by atoms with Gasteiger partial charge in [0.05, 0.1) is 0 Å². The van der Waals surface area contributed by atoms with Gasteiger partial charge in [0.15, 0.2) is 0 Å². The molecule has 1 aromatic carbocycles. The first-order valence-corrected chi connectivity index (χ1v) is 11.3. The number of hydrogen-bond donors (Lipinski definition) is 0. The van der Waals surface area contributed by atoms with Crippen molar-refractivity contribution >= 4 is 30.9 Å². The topological polar surface area (TPSA) is 0 Å². The molecule has 2 aliphatic carbocycles. The molecule has 2 aliphatic rings. The molecule has 0 bridgehead atoms. The van der Waals surface area contributed by atoms with Gasteiger partial charge in [-0.2, -0.15) is 0 Å². The van der Waals surface area contributed by atoms with E-state index < -0.39 is 22.9 Å². The van der Waals surface area contributed by atoms with Gasteiger partial charge in [-0.05, 0) is 0 Å². The number of fused-ring (bicyclic) bond motifs is 1. The SMILES string of the molecule is CC1=C(C)C(C)(C)[C]([Hf][C]2(C)C=Cc3ccccc32)=C1C.Cl.Cl. The second-order valence-electron chi connectivity index (χ2n) is 7.12. The van der Waals surface area contributed by atoms with E-state index in [1.165, 1.54) is 5.56 Å². The summed E-state index contributed by atoms with van der Waals surface area (Å²) < 4.78 is 2.14. The van der Waals surface area contributed by atoms with Crippen LogP contribution in [0.2, 0.25) is 0 Å². The third kappa shape index (κ3) is 3.22. The van der Waals surface area contributed by atoms with E-state index in [0.717, 1.165) is 0 Å². The van der Waals surface area contributed by atoms with Crippen molar-refractivity contribution in [2.45, 2.75) is 44.7 Å². The summed E-state index contributed by atoms with van der Waals surface area (Å²) >= 11 is -1.01. The Balaban J connectivity index is 0.00000132. The van der Waals surface area contributed by atoms with Crippen LogP contribution in [0, 0.1) is 5.41 Å². The largest absolute Gasteiger partial charge is 0.147 e. The van der Waals surface area contributed by atoms with E-state index >= 15 is 0 Å². The minimum atomic E-state index is -1.01. The standard InChI is InChI=1S/C10H9.C10H15.2ClH.Hf/c1-8-6-7-9-4-2-3-5-10(8)9;1-7-6-10(4,5)9(3)8(7)2;;;/h2-7H,1H3;1-5H3;2*1H;. The zero-order chi connectivity index (χ0) is 15.4. The summed E-state index contributed by atoms with van der Waals surface area (Å²) in [5.41, 5.74) is 8.00. The summed E-state index contributed by atoms with van der Waals surface area (Å²) in [4.78, 5) is 0. The third-order valence-electron chi connectivity index (χ3n) is 5.56. The molecule has 1 unspecified atom stereocenters. The Morgan fingerprint density at radius 3 is 2.04 bits per heavy atom. The van der Waals surface area contributed by atoms with Crippen molar-refractivity contribution < 1.29 is 22.9 Å². The van der Waals surface area contributed by atoms with Gasteiger partial charge in [-0.25, -0.2) is 0 Å². The first-order chi connectivity index (χ1) is 9.77. The molecule has 0 nitrogen and oxygen atoms in total. The fraction of sp³-hybridized carbons (Fsp3) is 0.400. The summed E-state index contributed by atoms with van der Waals surface area (Å²) in [6.07, 6.45) is 4.83. The van der Waals surface area contributed by atoms with Crippen molar-refractivity contribution in [1.82, 2.24) is 0 Å². The molecule has 3 heteroatoms. The maximum atomic E-state index is 2.49. The molecule has 0 fully saturated rings. The molecular formula is C20H26Cl2Hf. The third-order valence-corrected chi connectivity index (χ3v) is 13.5. The van der Waals surface area contributed by atoms with Crippen LogP contribution in [0.15, 0.2) is 50.4 Å². The smallest absolute Gasteiger partial charge is 0.147 e. The van der Waals surface area contributed by atoms with Crippen molar-refractivity contribution in [2.24, 2.45) is 5.41 Å². The van der Waals surface area contributed by atoms with E-state index in [2.05, 4.69) is 78.0 Å². The van der Waals surface area contributed by atoms with E-state index in [9.17, 15) is 0 Å². The van der Waals surface area contributed by atoms with Gasteiger partial charge in [0.2, 0.25) is 0 Å². The molecule has 124 valence electrons. The Hall–Kier alpha value is -0.110. The van der Waals surface area contributed by atoms with Crippen LogP contribution in [-0.4, -0.2) is 0 Å². The number of hydrogen-bond acceptors (Lipinski definition) is 0. The molecule has 0 saturated heterocycles. The van der Waals surface area contributed by atoms with Gasteiger partial charge in [-0.3, -0.25) is 0 Å². The molecule has 0 spiro atoms. The monoisotopic (exact) mass is 516 g/mol. The first-order valence-electron chi connectivity index (χ1n) is 7.74. The summed E-state index contributed by atoms with van der Waals surface area (Å²) in [7, 11) is 0. The predicted molar refractivity (Wildman–Crippen MR) is 102 cm³/mol. The van der Waals surface area contributed by atoms with E-state index in [1.54, 1.807) is 25.6 Å². The second kappa shape index (κ2) is 7.02. The molecule has 3 rings (SSSR count). The fourth-order valence-electron chi connectivity index (χ4n) is 3.67. The number of halogens is 2. The van der Waals surface area contributed by atoms with Crippen LogP contribution < -0.4 is 0 Å². The zero-order valence-corrected chi connectivity index (χ0v) is 20.0. The average Bonchev–Trinajstić information content (AvgIpc) is 2.86. The summed E-state index contributed by atoms with van der Waals surface area (Å²) in [5.74, 6) is 0. The molecule has 0 heterocycles. The van der Waals surface area contributed by atoms with E-state index in [4.69, 9.17) is 0 Å². The van der Waals surface area contributed by atoms with E-state index in [1.807, 2.05) is 0 Å². The normalized spacial score (nSPS) is 24.3. The van der Waals surface area contributed by atoms with E-state index in [-0.39, 0.29) is 30.2 Å². The molecular weight excluding hydrogens is 490 g/mol. The fourth-order valence-corrected chi connectivity index (χ4v) is 10.6. The summed E-state index contributed by atoms with van der Waals surface area (Å²) in [6.45, 7) is 14.3. The molecule has 1 atom stereocenters. The molecule has 0 radical (unpaired) electrons. The van der Waals surface area contributed by atoms with Crippen LogP contribution >= 0.6 is 24.8 Å². The van der Waals surface area contributed by atoms with Gasteiger partial charge < -0.3 is 0 Å². The molecule has 23 heavy (non-hydrogen) atoms. The van der Waals surface area contributed by atoms with Crippen molar-refractivity contribution in [1.29, 1.82) is 0 Å². The van der Waals surface area contributed by atoms with Crippen molar-refractivity contribution in [2.75, 3.05) is 0 Å². The van der Waals surface area contributed by atoms with Gasteiger partial charge in [0.1, 0.15) is 0 Å². The van der Waals surface area contributed by atoms with Crippen LogP contribution in [0.25, 0.3) is 6.08 Å². The number of allylic oxidation sites excluding steroid dienone is 5. The van der Waals surface area contributed by atoms with Crippen molar-refractivity contribution in [3.63, 3.8) is 0 Å². The van der Waals surface area contributed by atoms with Crippen LogP contribution in [0.1, 0.15) is 52.7 Å². The molecule has 0 N–H and O–H groups in total. The van der Waals surface area contributed by atoms with Gasteiger partial charge in [-0.1, -0.05) is 0 Å². The Morgan fingerprint density at radius 1 is 0.870 bits per heavy atom. The Kier molecular flexibility index (Phi) is 6.39. The van der Waals surface area contributed by atoms with Crippen LogP contribution in [0.5, 0.6) is 0 Å². The maximum absolute atomic E-state index is 2.49. The second-order valence-corrected chi connectivity index (χ2v) is 13.5. The van der Waals surface area contributed by atoms with Crippen LogP contribution in [0.3, 0.4) is 0 Å². The Morgan fingerprint density at radius 2 is 1.48 bits per heavy atom. The average molecular weight is 516 g/mol. The van der Waals surface area contributed by atoms with Crippen molar-refractivity contribution in [3.05, 3.63) is 61.5 Å². The number of rotatable bonds is 2. The quantitative estimate of drug-likeness (QED) is 0.394. The van der Waals surface area contributed by atoms with Gasteiger partial charge >= 0.3 is 141 Å². The molecule has 1 aromatic rings. The maximum Gasteiger partial charge on any atom is -0.147 e. The summed E-state index contributed by atoms with van der Waals surface area (Å²) in [6, 6.07) is 8.95.